The number of halogens is 2. The summed E-state index contributed by atoms with van der Waals surface area (Å²) in [6.45, 7) is 6.17. The Morgan fingerprint density at radius 1 is 1.47 bits per heavy atom. The first-order chi connectivity index (χ1) is 8.06. The van der Waals surface area contributed by atoms with Crippen LogP contribution in [0.3, 0.4) is 0 Å². The first-order valence-electron chi connectivity index (χ1n) is 5.75. The molecule has 0 radical (unpaired) electrons. The SMILES string of the molecule is CC1(C)COCCN1c1c(F)cccc1CBr. The van der Waals surface area contributed by atoms with Crippen LogP contribution in [0.15, 0.2) is 18.2 Å². The van der Waals surface area contributed by atoms with E-state index in [1.807, 2.05) is 6.07 Å². The molecule has 1 aliphatic heterocycles. The van der Waals surface area contributed by atoms with Crippen molar-refractivity contribution < 1.29 is 9.13 Å². The predicted octanol–water partition coefficient (Wildman–Crippen LogP) is 3.34. The molecule has 1 heterocycles. The number of morpholine rings is 1. The summed E-state index contributed by atoms with van der Waals surface area (Å²) in [5.41, 5.74) is 1.52. The minimum Gasteiger partial charge on any atom is -0.377 e. The predicted molar refractivity (Wildman–Crippen MR) is 71.3 cm³/mol. The van der Waals surface area contributed by atoms with Crippen molar-refractivity contribution in [3.63, 3.8) is 0 Å². The number of hydrogen-bond donors (Lipinski definition) is 0. The Bertz CT molecular complexity index is 408. The van der Waals surface area contributed by atoms with Crippen molar-refractivity contribution >= 4 is 21.6 Å². The van der Waals surface area contributed by atoms with E-state index in [1.54, 1.807) is 6.07 Å². The number of hydrogen-bond acceptors (Lipinski definition) is 2. The molecule has 0 saturated carbocycles. The molecule has 2 rings (SSSR count). The van der Waals surface area contributed by atoms with Crippen molar-refractivity contribution in [2.75, 3.05) is 24.7 Å². The summed E-state index contributed by atoms with van der Waals surface area (Å²) in [7, 11) is 0. The summed E-state index contributed by atoms with van der Waals surface area (Å²) in [6, 6.07) is 5.23. The van der Waals surface area contributed by atoms with Crippen LogP contribution in [0.4, 0.5) is 10.1 Å². The van der Waals surface area contributed by atoms with Gasteiger partial charge < -0.3 is 9.64 Å². The average Bonchev–Trinajstić information content (AvgIpc) is 2.29. The standard InChI is InChI=1S/C13H17BrFNO/c1-13(2)9-17-7-6-16(13)12-10(8-14)4-3-5-11(12)15/h3-5H,6-9H2,1-2H3. The van der Waals surface area contributed by atoms with Crippen LogP contribution in [0.2, 0.25) is 0 Å². The lowest BCUT2D eigenvalue weighted by Crippen LogP contribution is -2.53. The Labute approximate surface area is 110 Å². The lowest BCUT2D eigenvalue weighted by Gasteiger charge is -2.44. The third-order valence-electron chi connectivity index (χ3n) is 3.13. The van der Waals surface area contributed by atoms with Gasteiger partial charge in [0.05, 0.1) is 24.4 Å². The minimum absolute atomic E-state index is 0.156. The quantitative estimate of drug-likeness (QED) is 0.777. The van der Waals surface area contributed by atoms with E-state index in [1.165, 1.54) is 6.07 Å². The topological polar surface area (TPSA) is 12.5 Å². The average molecular weight is 302 g/mol. The number of alkyl halides is 1. The largest absolute Gasteiger partial charge is 0.377 e. The van der Waals surface area contributed by atoms with Crippen molar-refractivity contribution in [2.45, 2.75) is 24.7 Å². The van der Waals surface area contributed by atoms with E-state index in [9.17, 15) is 4.39 Å². The molecule has 0 aliphatic carbocycles. The van der Waals surface area contributed by atoms with Gasteiger partial charge in [0.2, 0.25) is 0 Å². The van der Waals surface area contributed by atoms with Crippen LogP contribution in [0.25, 0.3) is 0 Å². The summed E-state index contributed by atoms with van der Waals surface area (Å²) in [5, 5.41) is 0.660. The van der Waals surface area contributed by atoms with Crippen LogP contribution < -0.4 is 4.90 Å². The van der Waals surface area contributed by atoms with E-state index in [-0.39, 0.29) is 11.4 Å². The molecule has 1 aromatic carbocycles. The Kier molecular flexibility index (Phi) is 3.73. The molecule has 1 aromatic rings. The second kappa shape index (κ2) is 4.94. The molecule has 0 atom stereocenters. The summed E-state index contributed by atoms with van der Waals surface area (Å²) < 4.78 is 19.5. The lowest BCUT2D eigenvalue weighted by atomic mass is 9.99. The fraction of sp³-hybridized carbons (Fsp3) is 0.538. The Hall–Kier alpha value is -0.610. The third-order valence-corrected chi connectivity index (χ3v) is 3.73. The second-order valence-electron chi connectivity index (χ2n) is 4.90. The summed E-state index contributed by atoms with van der Waals surface area (Å²) in [5.74, 6) is -0.156. The molecular formula is C13H17BrFNO. The normalized spacial score (nSPS) is 19.4. The van der Waals surface area contributed by atoms with Crippen molar-refractivity contribution in [3.05, 3.63) is 29.6 Å². The first-order valence-corrected chi connectivity index (χ1v) is 6.87. The van der Waals surface area contributed by atoms with Crippen LogP contribution in [0.1, 0.15) is 19.4 Å². The van der Waals surface area contributed by atoms with E-state index < -0.39 is 0 Å². The Morgan fingerprint density at radius 3 is 2.88 bits per heavy atom. The van der Waals surface area contributed by atoms with Crippen molar-refractivity contribution in [2.24, 2.45) is 0 Å². The molecule has 0 aromatic heterocycles. The highest BCUT2D eigenvalue weighted by Crippen LogP contribution is 2.33. The summed E-state index contributed by atoms with van der Waals surface area (Å²) >= 11 is 3.42. The van der Waals surface area contributed by atoms with Gasteiger partial charge in [-0.15, -0.1) is 0 Å². The van der Waals surface area contributed by atoms with Gasteiger partial charge >= 0.3 is 0 Å². The number of ether oxygens (including phenoxy) is 1. The fourth-order valence-electron chi connectivity index (χ4n) is 2.24. The molecule has 94 valence electrons. The molecule has 0 unspecified atom stereocenters. The molecule has 1 fully saturated rings. The molecular weight excluding hydrogens is 285 g/mol. The Morgan fingerprint density at radius 2 is 2.24 bits per heavy atom. The smallest absolute Gasteiger partial charge is 0.146 e. The molecule has 0 amide bonds. The van der Waals surface area contributed by atoms with Gasteiger partial charge in [0.1, 0.15) is 5.82 Å². The highest BCUT2D eigenvalue weighted by Gasteiger charge is 2.33. The fourth-order valence-corrected chi connectivity index (χ4v) is 2.70. The number of anilines is 1. The third kappa shape index (κ3) is 2.47. The number of rotatable bonds is 2. The van der Waals surface area contributed by atoms with Crippen LogP contribution >= 0.6 is 15.9 Å². The lowest BCUT2D eigenvalue weighted by molar-refractivity contribution is 0.0639. The molecule has 4 heteroatoms. The highest BCUT2D eigenvalue weighted by molar-refractivity contribution is 9.08. The molecule has 0 N–H and O–H groups in total. The molecule has 0 bridgehead atoms. The van der Waals surface area contributed by atoms with Crippen LogP contribution in [-0.4, -0.2) is 25.3 Å². The number of nitrogens with zero attached hydrogens (tertiary/aromatic N) is 1. The zero-order valence-corrected chi connectivity index (χ0v) is 11.8. The van der Waals surface area contributed by atoms with Gasteiger partial charge in [0, 0.05) is 11.9 Å². The van der Waals surface area contributed by atoms with Gasteiger partial charge in [0.25, 0.3) is 0 Å². The van der Waals surface area contributed by atoms with Gasteiger partial charge in [0.15, 0.2) is 0 Å². The highest BCUT2D eigenvalue weighted by atomic mass is 79.9. The van der Waals surface area contributed by atoms with E-state index >= 15 is 0 Å². The molecule has 2 nitrogen and oxygen atoms in total. The van der Waals surface area contributed by atoms with E-state index in [4.69, 9.17) is 4.74 Å². The van der Waals surface area contributed by atoms with Gasteiger partial charge in [-0.2, -0.15) is 0 Å². The zero-order chi connectivity index (χ0) is 12.5. The minimum atomic E-state index is -0.169. The maximum atomic E-state index is 14.1. The first kappa shape index (κ1) is 12.8. The molecule has 17 heavy (non-hydrogen) atoms. The molecule has 1 aliphatic rings. The van der Waals surface area contributed by atoms with Gasteiger partial charge in [-0.05, 0) is 25.5 Å². The van der Waals surface area contributed by atoms with Crippen molar-refractivity contribution in [1.82, 2.24) is 0 Å². The van der Waals surface area contributed by atoms with Crippen LogP contribution in [0.5, 0.6) is 0 Å². The van der Waals surface area contributed by atoms with E-state index in [0.29, 0.717) is 24.2 Å². The van der Waals surface area contributed by atoms with Crippen molar-refractivity contribution in [3.8, 4) is 0 Å². The van der Waals surface area contributed by atoms with Crippen LogP contribution in [0, 0.1) is 5.82 Å². The monoisotopic (exact) mass is 301 g/mol. The second-order valence-corrected chi connectivity index (χ2v) is 5.46. The summed E-state index contributed by atoms with van der Waals surface area (Å²) in [6.07, 6.45) is 0. The van der Waals surface area contributed by atoms with E-state index in [0.717, 1.165) is 12.1 Å². The molecule has 1 saturated heterocycles. The maximum Gasteiger partial charge on any atom is 0.146 e. The maximum absolute atomic E-state index is 14.1. The zero-order valence-electron chi connectivity index (χ0n) is 10.2. The van der Waals surface area contributed by atoms with Gasteiger partial charge in [-0.3, -0.25) is 0 Å². The van der Waals surface area contributed by atoms with E-state index in [2.05, 4.69) is 34.7 Å². The number of benzene rings is 1. The number of para-hydroxylation sites is 1. The molecule has 0 spiro atoms. The van der Waals surface area contributed by atoms with Crippen LogP contribution in [-0.2, 0) is 10.1 Å². The summed E-state index contributed by atoms with van der Waals surface area (Å²) in [4.78, 5) is 2.11. The van der Waals surface area contributed by atoms with Gasteiger partial charge in [-0.1, -0.05) is 28.1 Å². The Balaban J connectivity index is 2.44. The van der Waals surface area contributed by atoms with Crippen molar-refractivity contribution in [1.29, 1.82) is 0 Å². The van der Waals surface area contributed by atoms with Gasteiger partial charge in [-0.25, -0.2) is 4.39 Å².